The van der Waals surface area contributed by atoms with E-state index >= 15 is 0 Å². The maximum atomic E-state index is 11.3. The largest absolute Gasteiger partial charge is 0.325 e. The Hall–Kier alpha value is -1.61. The second kappa shape index (κ2) is 4.10. The molecule has 0 N–H and O–H groups in total. The van der Waals surface area contributed by atoms with Gasteiger partial charge in [-0.25, -0.2) is 4.98 Å². The molecule has 0 bridgehead atoms. The minimum Gasteiger partial charge on any atom is -0.325 e. The van der Waals surface area contributed by atoms with Crippen molar-refractivity contribution < 1.29 is 4.79 Å². The van der Waals surface area contributed by atoms with E-state index in [2.05, 4.69) is 4.98 Å². The van der Waals surface area contributed by atoms with Crippen LogP contribution in [0.25, 0.3) is 11.4 Å². The molecular weight excluding hydrogens is 224 g/mol. The quantitative estimate of drug-likeness (QED) is 0.749. The molecule has 0 spiro atoms. The first-order valence-corrected chi connectivity index (χ1v) is 5.26. The molecule has 0 aliphatic carbocycles. The van der Waals surface area contributed by atoms with Crippen molar-refractivity contribution in [3.05, 3.63) is 41.2 Å². The summed E-state index contributed by atoms with van der Waals surface area (Å²) in [6.07, 6.45) is 1.57. The molecule has 0 saturated carbocycles. The minimum absolute atomic E-state index is 0.00620. The summed E-state index contributed by atoms with van der Waals surface area (Å²) in [4.78, 5) is 15.5. The van der Waals surface area contributed by atoms with E-state index in [0.717, 1.165) is 5.56 Å². The monoisotopic (exact) mass is 234 g/mol. The fourth-order valence-corrected chi connectivity index (χ4v) is 1.85. The van der Waals surface area contributed by atoms with Gasteiger partial charge in [-0.2, -0.15) is 0 Å². The van der Waals surface area contributed by atoms with Gasteiger partial charge in [-0.1, -0.05) is 23.7 Å². The molecule has 82 valence electrons. The Morgan fingerprint density at radius 3 is 2.62 bits per heavy atom. The van der Waals surface area contributed by atoms with E-state index in [1.165, 1.54) is 6.92 Å². The number of rotatable bonds is 2. The summed E-state index contributed by atoms with van der Waals surface area (Å²) in [5.74, 6) is 0.698. The highest BCUT2D eigenvalue weighted by Gasteiger charge is 2.13. The van der Waals surface area contributed by atoms with Crippen LogP contribution in [0.2, 0.25) is 5.02 Å². The number of carbonyl (C=O) groups excluding carboxylic acids is 1. The molecule has 2 rings (SSSR count). The summed E-state index contributed by atoms with van der Waals surface area (Å²) in [6.45, 7) is 1.52. The molecule has 1 aromatic heterocycles. The summed E-state index contributed by atoms with van der Waals surface area (Å²) in [6, 6.07) is 7.44. The van der Waals surface area contributed by atoms with Gasteiger partial charge in [0.25, 0.3) is 0 Å². The normalized spacial score (nSPS) is 10.4. The fraction of sp³-hybridized carbons (Fsp3) is 0.167. The predicted molar refractivity (Wildman–Crippen MR) is 63.7 cm³/mol. The van der Waals surface area contributed by atoms with Gasteiger partial charge in [0.05, 0.1) is 11.2 Å². The number of hydrogen-bond donors (Lipinski definition) is 0. The van der Waals surface area contributed by atoms with E-state index in [1.807, 2.05) is 25.2 Å². The van der Waals surface area contributed by atoms with Crippen molar-refractivity contribution in [2.24, 2.45) is 7.05 Å². The van der Waals surface area contributed by atoms with E-state index in [-0.39, 0.29) is 5.78 Å². The maximum absolute atomic E-state index is 11.3. The van der Waals surface area contributed by atoms with Crippen molar-refractivity contribution in [3.8, 4) is 11.4 Å². The fourth-order valence-electron chi connectivity index (χ4n) is 1.63. The van der Waals surface area contributed by atoms with Crippen molar-refractivity contribution in [2.45, 2.75) is 6.92 Å². The van der Waals surface area contributed by atoms with Crippen LogP contribution >= 0.6 is 11.6 Å². The SMILES string of the molecule is CC(=O)c1cnc(-c2ccccc2Cl)n1C. The molecule has 0 saturated heterocycles. The van der Waals surface area contributed by atoms with Gasteiger partial charge in [-0.3, -0.25) is 4.79 Å². The van der Waals surface area contributed by atoms with Gasteiger partial charge in [-0.15, -0.1) is 0 Å². The molecule has 1 heterocycles. The van der Waals surface area contributed by atoms with Crippen LogP contribution in [0.5, 0.6) is 0 Å². The Morgan fingerprint density at radius 1 is 1.38 bits per heavy atom. The zero-order chi connectivity index (χ0) is 11.7. The van der Waals surface area contributed by atoms with Crippen molar-refractivity contribution in [1.82, 2.24) is 9.55 Å². The van der Waals surface area contributed by atoms with E-state index in [9.17, 15) is 4.79 Å². The summed E-state index contributed by atoms with van der Waals surface area (Å²) in [5, 5.41) is 0.631. The van der Waals surface area contributed by atoms with E-state index in [4.69, 9.17) is 11.6 Å². The summed E-state index contributed by atoms with van der Waals surface area (Å²) in [5.41, 5.74) is 1.41. The van der Waals surface area contributed by atoms with Crippen molar-refractivity contribution in [2.75, 3.05) is 0 Å². The molecule has 16 heavy (non-hydrogen) atoms. The zero-order valence-corrected chi connectivity index (χ0v) is 9.82. The molecule has 0 aliphatic rings. The van der Waals surface area contributed by atoms with E-state index in [0.29, 0.717) is 16.5 Å². The van der Waals surface area contributed by atoms with Gasteiger partial charge in [-0.05, 0) is 12.1 Å². The standard InChI is InChI=1S/C12H11ClN2O/c1-8(16)11-7-14-12(15(11)2)9-5-3-4-6-10(9)13/h3-7H,1-2H3. The molecule has 0 aliphatic heterocycles. The lowest BCUT2D eigenvalue weighted by molar-refractivity contribution is 0.101. The Kier molecular flexibility index (Phi) is 2.79. The Morgan fingerprint density at radius 2 is 2.06 bits per heavy atom. The number of nitrogens with zero attached hydrogens (tertiary/aromatic N) is 2. The van der Waals surface area contributed by atoms with E-state index in [1.54, 1.807) is 16.8 Å². The molecule has 4 heteroatoms. The highest BCUT2D eigenvalue weighted by molar-refractivity contribution is 6.33. The minimum atomic E-state index is -0.00620. The summed E-state index contributed by atoms with van der Waals surface area (Å²) >= 11 is 6.08. The van der Waals surface area contributed by atoms with Crippen LogP contribution < -0.4 is 0 Å². The molecule has 0 fully saturated rings. The number of carbonyl (C=O) groups is 1. The number of hydrogen-bond acceptors (Lipinski definition) is 2. The van der Waals surface area contributed by atoms with Crippen LogP contribution in [0, 0.1) is 0 Å². The Balaban J connectivity index is 2.58. The average molecular weight is 235 g/mol. The summed E-state index contributed by atoms with van der Waals surface area (Å²) < 4.78 is 1.75. The van der Waals surface area contributed by atoms with Crippen LogP contribution in [-0.4, -0.2) is 15.3 Å². The molecule has 1 aromatic carbocycles. The number of benzene rings is 1. The lowest BCUT2D eigenvalue weighted by Gasteiger charge is -2.05. The van der Waals surface area contributed by atoms with Gasteiger partial charge in [0.1, 0.15) is 11.5 Å². The molecule has 0 unspecified atom stereocenters. The van der Waals surface area contributed by atoms with Crippen LogP contribution in [-0.2, 0) is 7.05 Å². The van der Waals surface area contributed by atoms with Crippen molar-refractivity contribution in [1.29, 1.82) is 0 Å². The van der Waals surface area contributed by atoms with Gasteiger partial charge in [0.2, 0.25) is 0 Å². The second-order valence-electron chi connectivity index (χ2n) is 3.56. The third-order valence-electron chi connectivity index (χ3n) is 2.46. The second-order valence-corrected chi connectivity index (χ2v) is 3.97. The van der Waals surface area contributed by atoms with Gasteiger partial charge < -0.3 is 4.57 Å². The van der Waals surface area contributed by atoms with Gasteiger partial charge in [0.15, 0.2) is 5.78 Å². The molecule has 3 nitrogen and oxygen atoms in total. The highest BCUT2D eigenvalue weighted by Crippen LogP contribution is 2.26. The Bertz CT molecular complexity index is 546. The number of Topliss-reactive ketones (excluding diaryl/α,β-unsaturated/α-hetero) is 1. The van der Waals surface area contributed by atoms with Gasteiger partial charge >= 0.3 is 0 Å². The number of ketones is 1. The van der Waals surface area contributed by atoms with Crippen LogP contribution in [0.1, 0.15) is 17.4 Å². The molecule has 0 atom stereocenters. The number of halogens is 1. The predicted octanol–water partition coefficient (Wildman–Crippen LogP) is 2.94. The van der Waals surface area contributed by atoms with Crippen LogP contribution in [0.15, 0.2) is 30.5 Å². The van der Waals surface area contributed by atoms with Crippen molar-refractivity contribution >= 4 is 17.4 Å². The smallest absolute Gasteiger partial charge is 0.177 e. The van der Waals surface area contributed by atoms with Crippen LogP contribution in [0.3, 0.4) is 0 Å². The topological polar surface area (TPSA) is 34.9 Å². The first kappa shape index (κ1) is 10.9. The lowest BCUT2D eigenvalue weighted by atomic mass is 10.2. The molecule has 0 amide bonds. The molecular formula is C12H11ClN2O. The third kappa shape index (κ3) is 1.74. The molecule has 2 aromatic rings. The van der Waals surface area contributed by atoms with Gasteiger partial charge in [0, 0.05) is 19.5 Å². The highest BCUT2D eigenvalue weighted by atomic mass is 35.5. The lowest BCUT2D eigenvalue weighted by Crippen LogP contribution is -2.02. The van der Waals surface area contributed by atoms with Crippen LogP contribution in [0.4, 0.5) is 0 Å². The number of aromatic nitrogens is 2. The van der Waals surface area contributed by atoms with Crippen molar-refractivity contribution in [3.63, 3.8) is 0 Å². The molecule has 0 radical (unpaired) electrons. The maximum Gasteiger partial charge on any atom is 0.177 e. The first-order chi connectivity index (χ1) is 7.61. The van der Waals surface area contributed by atoms with E-state index < -0.39 is 0 Å². The number of imidazole rings is 1. The first-order valence-electron chi connectivity index (χ1n) is 4.89. The Labute approximate surface area is 98.7 Å². The zero-order valence-electron chi connectivity index (χ0n) is 9.07. The summed E-state index contributed by atoms with van der Waals surface area (Å²) in [7, 11) is 1.81. The average Bonchev–Trinajstić information content (AvgIpc) is 2.61. The third-order valence-corrected chi connectivity index (χ3v) is 2.79.